The molecule has 3 heterocycles. The lowest BCUT2D eigenvalue weighted by molar-refractivity contribution is 0.0342. The number of rotatable bonds is 8. The number of pyridine rings is 1. The van der Waals surface area contributed by atoms with Crippen molar-refractivity contribution >= 4 is 27.8 Å². The van der Waals surface area contributed by atoms with Crippen LogP contribution in [-0.2, 0) is 17.8 Å². The summed E-state index contributed by atoms with van der Waals surface area (Å²) in [6.07, 6.45) is 8.19. The number of nitrogens with two attached hydrogens (primary N) is 1. The predicted molar refractivity (Wildman–Crippen MR) is 141 cm³/mol. The molecule has 35 heavy (non-hydrogen) atoms. The lowest BCUT2D eigenvalue weighted by atomic mass is 9.86. The maximum atomic E-state index is 13.9. The van der Waals surface area contributed by atoms with Gasteiger partial charge in [-0.25, -0.2) is 4.98 Å². The summed E-state index contributed by atoms with van der Waals surface area (Å²) in [5.41, 5.74) is 8.08. The zero-order valence-corrected chi connectivity index (χ0v) is 20.8. The van der Waals surface area contributed by atoms with E-state index in [1.165, 1.54) is 0 Å². The molecule has 8 nitrogen and oxygen atoms in total. The topological polar surface area (TPSA) is 98.3 Å². The van der Waals surface area contributed by atoms with E-state index in [0.717, 1.165) is 105 Å². The first-order chi connectivity index (χ1) is 17.1. The molecule has 2 aliphatic rings. The van der Waals surface area contributed by atoms with E-state index in [0.29, 0.717) is 18.4 Å². The van der Waals surface area contributed by atoms with Gasteiger partial charge < -0.3 is 15.8 Å². The molecule has 188 valence electrons. The molecule has 1 aliphatic heterocycles. The number of hydrogen-bond acceptors (Lipinski definition) is 7. The Morgan fingerprint density at radius 2 is 1.91 bits per heavy atom. The number of anilines is 1. The van der Waals surface area contributed by atoms with Gasteiger partial charge in [-0.3, -0.25) is 14.3 Å². The van der Waals surface area contributed by atoms with Gasteiger partial charge in [-0.05, 0) is 55.0 Å². The second kappa shape index (κ2) is 11.0. The van der Waals surface area contributed by atoms with Crippen LogP contribution >= 0.6 is 0 Å². The molecule has 1 aliphatic carbocycles. The van der Waals surface area contributed by atoms with Crippen LogP contribution in [0.5, 0.6) is 0 Å². The van der Waals surface area contributed by atoms with Crippen LogP contribution in [0, 0.1) is 5.92 Å². The van der Waals surface area contributed by atoms with Crippen LogP contribution in [0.3, 0.4) is 0 Å². The number of unbranched alkanes of at least 4 members (excludes halogenated alkanes) is 1. The Labute approximate surface area is 206 Å². The molecular formula is C27H38N6O2. The number of aromatic nitrogens is 3. The van der Waals surface area contributed by atoms with Gasteiger partial charge in [-0.1, -0.05) is 25.5 Å². The molecule has 0 bridgehead atoms. The van der Waals surface area contributed by atoms with Crippen LogP contribution in [0.15, 0.2) is 29.2 Å². The highest BCUT2D eigenvalue weighted by molar-refractivity contribution is 6.04. The highest BCUT2D eigenvalue weighted by atomic mass is 16.5. The first kappa shape index (κ1) is 24.2. The Hall–Kier alpha value is -2.55. The van der Waals surface area contributed by atoms with Crippen molar-refractivity contribution in [3.05, 3.63) is 40.3 Å². The van der Waals surface area contributed by atoms with Crippen LogP contribution in [0.4, 0.5) is 5.95 Å². The standard InChI is InChI=1S/C27H38N6O2/c1-2-3-10-29-27-30-16-24-22-9-6-20(17-32-11-13-35-14-12-32)15-23(22)26(34)33(25(24)31-27)18-19-4-7-21(28)8-5-19/h6,9,15-16,19,21H,2-5,7-8,10-14,17-18,28H2,1H3,(H,29,30,31). The average Bonchev–Trinajstić information content (AvgIpc) is 2.88. The van der Waals surface area contributed by atoms with Crippen molar-refractivity contribution < 1.29 is 4.74 Å². The fourth-order valence-corrected chi connectivity index (χ4v) is 5.39. The summed E-state index contributed by atoms with van der Waals surface area (Å²) in [6.45, 7) is 7.87. The second-order valence-corrected chi connectivity index (χ2v) is 10.2. The third-order valence-corrected chi connectivity index (χ3v) is 7.53. The Morgan fingerprint density at radius 3 is 2.69 bits per heavy atom. The minimum atomic E-state index is 0.0457. The van der Waals surface area contributed by atoms with Crippen LogP contribution in [0.2, 0.25) is 0 Å². The van der Waals surface area contributed by atoms with Gasteiger partial charge in [0.05, 0.1) is 13.2 Å². The lowest BCUT2D eigenvalue weighted by Gasteiger charge is -2.27. The van der Waals surface area contributed by atoms with Gasteiger partial charge in [-0.2, -0.15) is 4.98 Å². The van der Waals surface area contributed by atoms with Gasteiger partial charge in [0, 0.05) is 55.7 Å². The Morgan fingerprint density at radius 1 is 1.11 bits per heavy atom. The highest BCUT2D eigenvalue weighted by Crippen LogP contribution is 2.28. The molecule has 1 aromatic carbocycles. The smallest absolute Gasteiger partial charge is 0.260 e. The normalized spacial score (nSPS) is 21.5. The summed E-state index contributed by atoms with van der Waals surface area (Å²) in [4.78, 5) is 25.7. The molecule has 2 aromatic heterocycles. The summed E-state index contributed by atoms with van der Waals surface area (Å²) in [6, 6.07) is 6.58. The number of morpholine rings is 1. The van der Waals surface area contributed by atoms with Gasteiger partial charge in [0.2, 0.25) is 5.95 Å². The van der Waals surface area contributed by atoms with E-state index >= 15 is 0 Å². The average molecular weight is 479 g/mol. The summed E-state index contributed by atoms with van der Waals surface area (Å²) < 4.78 is 7.40. The van der Waals surface area contributed by atoms with Crippen LogP contribution in [-0.4, -0.2) is 58.3 Å². The van der Waals surface area contributed by atoms with Gasteiger partial charge in [0.25, 0.3) is 5.56 Å². The zero-order chi connectivity index (χ0) is 24.2. The summed E-state index contributed by atoms with van der Waals surface area (Å²) >= 11 is 0. The fraction of sp³-hybridized carbons (Fsp3) is 0.593. The van der Waals surface area contributed by atoms with Crippen molar-refractivity contribution in [2.45, 2.75) is 64.6 Å². The van der Waals surface area contributed by atoms with Crippen molar-refractivity contribution in [2.24, 2.45) is 11.7 Å². The van der Waals surface area contributed by atoms with E-state index < -0.39 is 0 Å². The Bertz CT molecular complexity index is 1210. The summed E-state index contributed by atoms with van der Waals surface area (Å²) in [7, 11) is 0. The zero-order valence-electron chi connectivity index (χ0n) is 20.8. The molecule has 0 spiro atoms. The molecule has 0 atom stereocenters. The second-order valence-electron chi connectivity index (χ2n) is 10.2. The van der Waals surface area contributed by atoms with E-state index in [4.69, 9.17) is 15.5 Å². The Kier molecular flexibility index (Phi) is 7.60. The number of nitrogens with zero attached hydrogens (tertiary/aromatic N) is 4. The molecule has 0 amide bonds. The quantitative estimate of drug-likeness (QED) is 0.378. The molecule has 3 N–H and O–H groups in total. The van der Waals surface area contributed by atoms with Gasteiger partial charge in [-0.15, -0.1) is 0 Å². The maximum Gasteiger partial charge on any atom is 0.260 e. The first-order valence-corrected chi connectivity index (χ1v) is 13.2. The van der Waals surface area contributed by atoms with Gasteiger partial charge >= 0.3 is 0 Å². The van der Waals surface area contributed by atoms with E-state index in [1.54, 1.807) is 0 Å². The van der Waals surface area contributed by atoms with Gasteiger partial charge in [0.15, 0.2) is 0 Å². The molecular weight excluding hydrogens is 440 g/mol. The number of nitrogens with one attached hydrogen (secondary N) is 1. The number of hydrogen-bond donors (Lipinski definition) is 2. The lowest BCUT2D eigenvalue weighted by Crippen LogP contribution is -2.35. The van der Waals surface area contributed by atoms with Crippen molar-refractivity contribution in [2.75, 3.05) is 38.2 Å². The molecule has 2 fully saturated rings. The fourth-order valence-electron chi connectivity index (χ4n) is 5.39. The SMILES string of the molecule is CCCCNc1ncc2c3ccc(CN4CCOCC4)cc3c(=O)n(CC3CCC(N)CC3)c2n1. The largest absolute Gasteiger partial charge is 0.379 e. The number of ether oxygens (including phenoxy) is 1. The molecule has 0 unspecified atom stereocenters. The molecule has 0 radical (unpaired) electrons. The number of benzene rings is 1. The summed E-state index contributed by atoms with van der Waals surface area (Å²) in [5.74, 6) is 1.03. The monoisotopic (exact) mass is 478 g/mol. The van der Waals surface area contributed by atoms with Crippen LogP contribution < -0.4 is 16.6 Å². The van der Waals surface area contributed by atoms with Crippen molar-refractivity contribution in [1.29, 1.82) is 0 Å². The van der Waals surface area contributed by atoms with E-state index in [2.05, 4.69) is 40.3 Å². The van der Waals surface area contributed by atoms with E-state index in [9.17, 15) is 4.79 Å². The molecule has 1 saturated heterocycles. The van der Waals surface area contributed by atoms with E-state index in [-0.39, 0.29) is 11.6 Å². The van der Waals surface area contributed by atoms with Crippen molar-refractivity contribution in [3.8, 4) is 0 Å². The van der Waals surface area contributed by atoms with Crippen LogP contribution in [0.1, 0.15) is 51.0 Å². The third-order valence-electron chi connectivity index (χ3n) is 7.53. The molecule has 1 saturated carbocycles. The predicted octanol–water partition coefficient (Wildman–Crippen LogP) is 3.51. The molecule has 5 rings (SSSR count). The van der Waals surface area contributed by atoms with Crippen LogP contribution in [0.25, 0.3) is 21.8 Å². The summed E-state index contributed by atoms with van der Waals surface area (Å²) in [5, 5.41) is 5.95. The highest BCUT2D eigenvalue weighted by Gasteiger charge is 2.22. The minimum Gasteiger partial charge on any atom is -0.379 e. The van der Waals surface area contributed by atoms with Gasteiger partial charge in [0.1, 0.15) is 5.65 Å². The van der Waals surface area contributed by atoms with Crippen molar-refractivity contribution in [3.63, 3.8) is 0 Å². The van der Waals surface area contributed by atoms with Crippen molar-refractivity contribution in [1.82, 2.24) is 19.4 Å². The maximum absolute atomic E-state index is 13.9. The first-order valence-electron chi connectivity index (χ1n) is 13.2. The minimum absolute atomic E-state index is 0.0457. The molecule has 8 heteroatoms. The molecule has 3 aromatic rings. The van der Waals surface area contributed by atoms with E-state index in [1.807, 2.05) is 10.8 Å². The Balaban J connectivity index is 1.55. The third kappa shape index (κ3) is 5.50. The number of fused-ring (bicyclic) bond motifs is 3.